The lowest BCUT2D eigenvalue weighted by atomic mass is 10.3. The van der Waals surface area contributed by atoms with E-state index in [0.29, 0.717) is 0 Å². The van der Waals surface area contributed by atoms with Crippen LogP contribution in [0.4, 0.5) is 0 Å². The first-order valence-electron chi connectivity index (χ1n) is 3.93. The second kappa shape index (κ2) is 8.14. The van der Waals surface area contributed by atoms with Gasteiger partial charge in [0.25, 0.3) is 0 Å². The fourth-order valence-electron chi connectivity index (χ4n) is 0.611. The van der Waals surface area contributed by atoms with Gasteiger partial charge in [-0.3, -0.25) is 0 Å². The summed E-state index contributed by atoms with van der Waals surface area (Å²) in [4.78, 5) is 0. The third-order valence-electron chi connectivity index (χ3n) is 1.21. The molecule has 2 N–H and O–H groups in total. The number of nitrogens with one attached hydrogen (secondary N) is 2. The van der Waals surface area contributed by atoms with Gasteiger partial charge >= 0.3 is 0 Å². The van der Waals surface area contributed by atoms with Crippen LogP contribution in [0, 0.1) is 0 Å². The van der Waals surface area contributed by atoms with Gasteiger partial charge in [-0.05, 0) is 18.6 Å². The molecule has 11 heavy (non-hydrogen) atoms. The Morgan fingerprint density at radius 1 is 1.36 bits per heavy atom. The molecule has 2 nitrogen and oxygen atoms in total. The summed E-state index contributed by atoms with van der Waals surface area (Å²) in [6, 6.07) is 0. The van der Waals surface area contributed by atoms with Gasteiger partial charge in [0, 0.05) is 18.8 Å². The molecule has 0 radical (unpaired) electrons. The summed E-state index contributed by atoms with van der Waals surface area (Å²) in [5, 5.41) is 6.88. The Bertz CT molecular complexity index is 107. The lowest BCUT2D eigenvalue weighted by Gasteiger charge is -2.07. The number of hydrogen-bond donors (Lipinski definition) is 3. The van der Waals surface area contributed by atoms with Crippen LogP contribution in [-0.2, 0) is 0 Å². The molecule has 0 unspecified atom stereocenters. The number of unbranched alkanes of at least 4 members (excludes halogenated alkanes) is 1. The van der Waals surface area contributed by atoms with Crippen molar-refractivity contribution in [1.82, 2.24) is 10.6 Å². The molecule has 0 aromatic heterocycles. The van der Waals surface area contributed by atoms with E-state index in [1.54, 1.807) is 0 Å². The van der Waals surface area contributed by atoms with Crippen molar-refractivity contribution in [3.05, 3.63) is 0 Å². The van der Waals surface area contributed by atoms with Crippen LogP contribution in [0.5, 0.6) is 0 Å². The second-order valence-corrected chi connectivity index (χ2v) is 3.12. The summed E-state index contributed by atoms with van der Waals surface area (Å²) >= 11 is 9.03. The summed E-state index contributed by atoms with van der Waals surface area (Å²) in [6.45, 7) is 3.96. The monoisotopic (exact) mass is 192 g/mol. The van der Waals surface area contributed by atoms with Crippen molar-refractivity contribution >= 4 is 30.0 Å². The molecule has 66 valence electrons. The van der Waals surface area contributed by atoms with Gasteiger partial charge in [-0.2, -0.15) is 12.6 Å². The van der Waals surface area contributed by atoms with E-state index >= 15 is 0 Å². The van der Waals surface area contributed by atoms with Crippen LogP contribution in [0.2, 0.25) is 0 Å². The highest BCUT2D eigenvalue weighted by atomic mass is 32.1. The first-order chi connectivity index (χ1) is 5.31. The minimum Gasteiger partial charge on any atom is -0.363 e. The third-order valence-corrected chi connectivity index (χ3v) is 1.73. The molecule has 4 heteroatoms. The van der Waals surface area contributed by atoms with Crippen LogP contribution >= 0.6 is 24.8 Å². The van der Waals surface area contributed by atoms with Crippen LogP contribution in [-0.4, -0.2) is 24.0 Å². The molecule has 0 aromatic carbocycles. The first-order valence-corrected chi connectivity index (χ1v) is 4.98. The Balaban J connectivity index is 3.09. The molecule has 0 fully saturated rings. The van der Waals surface area contributed by atoms with Crippen molar-refractivity contribution in [2.24, 2.45) is 0 Å². The van der Waals surface area contributed by atoms with Crippen molar-refractivity contribution in [2.75, 3.05) is 18.8 Å². The average molecular weight is 192 g/mol. The second-order valence-electron chi connectivity index (χ2n) is 2.26. The van der Waals surface area contributed by atoms with E-state index in [4.69, 9.17) is 12.2 Å². The summed E-state index contributed by atoms with van der Waals surface area (Å²) in [6.07, 6.45) is 2.37. The Morgan fingerprint density at radius 3 is 2.55 bits per heavy atom. The standard InChI is InChI=1S/C7H16N2S2/c1-2-3-4-8-7(11)9-5-6-10/h10H,2-6H2,1H3,(H2,8,9,11). The summed E-state index contributed by atoms with van der Waals surface area (Å²) in [5.74, 6) is 0.815. The maximum absolute atomic E-state index is 4.98. The highest BCUT2D eigenvalue weighted by Crippen LogP contribution is 1.82. The van der Waals surface area contributed by atoms with Gasteiger partial charge in [0.15, 0.2) is 5.11 Å². The largest absolute Gasteiger partial charge is 0.363 e. The topological polar surface area (TPSA) is 24.1 Å². The van der Waals surface area contributed by atoms with Gasteiger partial charge in [-0.15, -0.1) is 0 Å². The summed E-state index contributed by atoms with van der Waals surface area (Å²) in [7, 11) is 0. The average Bonchev–Trinajstić information content (AvgIpc) is 2.01. The van der Waals surface area contributed by atoms with Gasteiger partial charge < -0.3 is 10.6 Å². The molecule has 0 aromatic rings. The van der Waals surface area contributed by atoms with Crippen LogP contribution in [0.3, 0.4) is 0 Å². The van der Waals surface area contributed by atoms with E-state index in [-0.39, 0.29) is 0 Å². The van der Waals surface area contributed by atoms with Crippen molar-refractivity contribution in [3.63, 3.8) is 0 Å². The van der Waals surface area contributed by atoms with E-state index in [1.165, 1.54) is 12.8 Å². The molecule has 0 aliphatic carbocycles. The number of rotatable bonds is 5. The number of thiol groups is 1. The molecule has 0 rings (SSSR count). The quantitative estimate of drug-likeness (QED) is 0.346. The van der Waals surface area contributed by atoms with Crippen molar-refractivity contribution in [2.45, 2.75) is 19.8 Å². The molecule has 0 aliphatic heterocycles. The Kier molecular flexibility index (Phi) is 8.17. The van der Waals surface area contributed by atoms with Crippen LogP contribution in [0.1, 0.15) is 19.8 Å². The van der Waals surface area contributed by atoms with Gasteiger partial charge in [-0.1, -0.05) is 13.3 Å². The Morgan fingerprint density at radius 2 is 2.00 bits per heavy atom. The third kappa shape index (κ3) is 7.94. The van der Waals surface area contributed by atoms with Crippen LogP contribution in [0.15, 0.2) is 0 Å². The van der Waals surface area contributed by atoms with Crippen molar-refractivity contribution in [3.8, 4) is 0 Å². The van der Waals surface area contributed by atoms with Gasteiger partial charge in [0.2, 0.25) is 0 Å². The molecular weight excluding hydrogens is 176 g/mol. The predicted molar refractivity (Wildman–Crippen MR) is 57.4 cm³/mol. The maximum atomic E-state index is 4.98. The van der Waals surface area contributed by atoms with E-state index in [0.717, 1.165) is 24.0 Å². The molecule has 0 atom stereocenters. The predicted octanol–water partition coefficient (Wildman–Crippen LogP) is 1.18. The lowest BCUT2D eigenvalue weighted by Crippen LogP contribution is -2.36. The molecule has 0 saturated heterocycles. The van der Waals surface area contributed by atoms with E-state index in [1.807, 2.05) is 0 Å². The van der Waals surface area contributed by atoms with Gasteiger partial charge in [0.1, 0.15) is 0 Å². The fraction of sp³-hybridized carbons (Fsp3) is 0.857. The molecule has 0 aliphatic rings. The SMILES string of the molecule is CCCCNC(=S)NCCS. The minimum absolute atomic E-state index is 0.743. The Hall–Kier alpha value is 0.0400. The molecule has 0 saturated carbocycles. The van der Waals surface area contributed by atoms with E-state index in [9.17, 15) is 0 Å². The van der Waals surface area contributed by atoms with E-state index < -0.39 is 0 Å². The fourth-order valence-corrected chi connectivity index (χ4v) is 0.927. The van der Waals surface area contributed by atoms with Gasteiger partial charge in [-0.25, -0.2) is 0 Å². The van der Waals surface area contributed by atoms with Crippen LogP contribution in [0.25, 0.3) is 0 Å². The first kappa shape index (κ1) is 11.0. The zero-order valence-electron chi connectivity index (χ0n) is 6.89. The maximum Gasteiger partial charge on any atom is 0.166 e. The highest BCUT2D eigenvalue weighted by Gasteiger charge is 1.90. The van der Waals surface area contributed by atoms with Crippen molar-refractivity contribution in [1.29, 1.82) is 0 Å². The normalized spacial score (nSPS) is 9.27. The molecule has 0 bridgehead atoms. The summed E-state index contributed by atoms with van der Waals surface area (Å²) in [5.41, 5.74) is 0. The van der Waals surface area contributed by atoms with Crippen LogP contribution < -0.4 is 10.6 Å². The van der Waals surface area contributed by atoms with E-state index in [2.05, 4.69) is 30.2 Å². The Labute approximate surface area is 79.5 Å². The zero-order valence-corrected chi connectivity index (χ0v) is 8.60. The molecule has 0 heterocycles. The minimum atomic E-state index is 0.743. The smallest absolute Gasteiger partial charge is 0.166 e. The lowest BCUT2D eigenvalue weighted by molar-refractivity contribution is 0.744. The molecular formula is C7H16N2S2. The van der Waals surface area contributed by atoms with Gasteiger partial charge in [0.05, 0.1) is 0 Å². The molecule has 0 spiro atoms. The number of hydrogen-bond acceptors (Lipinski definition) is 2. The highest BCUT2D eigenvalue weighted by molar-refractivity contribution is 7.80. The summed E-state index contributed by atoms with van der Waals surface area (Å²) < 4.78 is 0. The zero-order chi connectivity index (χ0) is 8.53. The van der Waals surface area contributed by atoms with Crippen molar-refractivity contribution < 1.29 is 0 Å². The molecule has 0 amide bonds. The number of thiocarbonyl (C=S) groups is 1.